The first-order chi connectivity index (χ1) is 9.83. The molecule has 0 spiro atoms. The second kappa shape index (κ2) is 8.30. The van der Waals surface area contributed by atoms with E-state index < -0.39 is 0 Å². The number of ether oxygens (including phenoxy) is 1. The second-order valence-corrected chi connectivity index (χ2v) is 5.78. The maximum absolute atomic E-state index is 5.40. The van der Waals surface area contributed by atoms with E-state index in [1.54, 1.807) is 0 Å². The monoisotopic (exact) mass is 279 g/mol. The molecule has 0 radical (unpaired) electrons. The average Bonchev–Trinajstić information content (AvgIpc) is 2.91. The molecule has 1 aromatic heterocycles. The Labute approximate surface area is 122 Å². The van der Waals surface area contributed by atoms with Gasteiger partial charge in [-0.2, -0.15) is 0 Å². The van der Waals surface area contributed by atoms with E-state index in [2.05, 4.69) is 28.0 Å². The van der Waals surface area contributed by atoms with Crippen molar-refractivity contribution < 1.29 is 4.74 Å². The summed E-state index contributed by atoms with van der Waals surface area (Å²) in [6.07, 6.45) is 11.6. The molecule has 0 aliphatic heterocycles. The van der Waals surface area contributed by atoms with Crippen molar-refractivity contribution in [3.63, 3.8) is 0 Å². The highest BCUT2D eigenvalue weighted by Gasteiger charge is 2.21. The molecular weight excluding hydrogens is 250 g/mol. The van der Waals surface area contributed by atoms with Crippen molar-refractivity contribution in [2.24, 2.45) is 5.92 Å². The van der Waals surface area contributed by atoms with Crippen LogP contribution in [0.5, 0.6) is 0 Å². The van der Waals surface area contributed by atoms with Crippen LogP contribution in [0, 0.1) is 5.92 Å². The fraction of sp³-hybridized carbons (Fsp3) is 0.812. The van der Waals surface area contributed by atoms with Crippen molar-refractivity contribution in [1.82, 2.24) is 9.55 Å². The topological polar surface area (TPSA) is 39.1 Å². The van der Waals surface area contributed by atoms with Gasteiger partial charge in [-0.1, -0.05) is 26.2 Å². The van der Waals surface area contributed by atoms with Gasteiger partial charge in [0.15, 0.2) is 0 Å². The van der Waals surface area contributed by atoms with E-state index >= 15 is 0 Å². The minimum absolute atomic E-state index is 0.599. The van der Waals surface area contributed by atoms with Crippen LogP contribution in [0.4, 0.5) is 5.95 Å². The molecule has 1 aliphatic rings. The summed E-state index contributed by atoms with van der Waals surface area (Å²) in [4.78, 5) is 4.47. The number of hydrogen-bond acceptors (Lipinski definition) is 3. The fourth-order valence-electron chi connectivity index (χ4n) is 3.09. The minimum atomic E-state index is 0.599. The second-order valence-electron chi connectivity index (χ2n) is 5.78. The van der Waals surface area contributed by atoms with Crippen molar-refractivity contribution in [3.8, 4) is 0 Å². The highest BCUT2D eigenvalue weighted by molar-refractivity contribution is 5.27. The van der Waals surface area contributed by atoms with E-state index in [1.807, 2.05) is 13.1 Å². The zero-order valence-corrected chi connectivity index (χ0v) is 13.0. The Bertz CT molecular complexity index is 378. The summed E-state index contributed by atoms with van der Waals surface area (Å²) >= 11 is 0. The van der Waals surface area contributed by atoms with Crippen LogP contribution >= 0.6 is 0 Å². The Hall–Kier alpha value is -1.03. The summed E-state index contributed by atoms with van der Waals surface area (Å²) in [7, 11) is 0. The van der Waals surface area contributed by atoms with Gasteiger partial charge in [0.2, 0.25) is 5.95 Å². The lowest BCUT2D eigenvalue weighted by Crippen LogP contribution is -2.28. The molecule has 114 valence electrons. The summed E-state index contributed by atoms with van der Waals surface area (Å²) in [5, 5.41) is 3.65. The molecule has 1 heterocycles. The van der Waals surface area contributed by atoms with Gasteiger partial charge < -0.3 is 14.6 Å². The lowest BCUT2D eigenvalue weighted by Gasteiger charge is -2.29. The predicted molar refractivity (Wildman–Crippen MR) is 83.0 cm³/mol. The quantitative estimate of drug-likeness (QED) is 0.738. The molecule has 2 rings (SSSR count). The predicted octanol–water partition coefficient (Wildman–Crippen LogP) is 3.69. The maximum Gasteiger partial charge on any atom is 0.202 e. The van der Waals surface area contributed by atoms with Gasteiger partial charge in [0.05, 0.1) is 0 Å². The van der Waals surface area contributed by atoms with Gasteiger partial charge in [-0.3, -0.25) is 0 Å². The third-order valence-electron chi connectivity index (χ3n) is 4.30. The Morgan fingerprint density at radius 2 is 2.30 bits per heavy atom. The fourth-order valence-corrected chi connectivity index (χ4v) is 3.09. The third kappa shape index (κ3) is 4.51. The SMILES string of the molecule is CCOCCCn1ccnc1NC1CCCC(CC)C1. The highest BCUT2D eigenvalue weighted by Crippen LogP contribution is 2.28. The van der Waals surface area contributed by atoms with E-state index in [0.717, 1.165) is 38.0 Å². The van der Waals surface area contributed by atoms with Crippen LogP contribution in [-0.4, -0.2) is 28.8 Å². The molecular formula is C16H29N3O. The van der Waals surface area contributed by atoms with Crippen molar-refractivity contribution >= 4 is 5.95 Å². The summed E-state index contributed by atoms with van der Waals surface area (Å²) in [6.45, 7) is 6.95. The molecule has 1 saturated carbocycles. The third-order valence-corrected chi connectivity index (χ3v) is 4.30. The molecule has 0 bridgehead atoms. The zero-order valence-electron chi connectivity index (χ0n) is 13.0. The van der Waals surface area contributed by atoms with Gasteiger partial charge >= 0.3 is 0 Å². The van der Waals surface area contributed by atoms with Crippen molar-refractivity contribution in [2.45, 2.75) is 65.0 Å². The van der Waals surface area contributed by atoms with Crippen molar-refractivity contribution in [2.75, 3.05) is 18.5 Å². The van der Waals surface area contributed by atoms with E-state index in [9.17, 15) is 0 Å². The number of nitrogens with one attached hydrogen (secondary N) is 1. The molecule has 2 unspecified atom stereocenters. The first-order valence-corrected chi connectivity index (χ1v) is 8.18. The van der Waals surface area contributed by atoms with Crippen molar-refractivity contribution in [1.29, 1.82) is 0 Å². The number of imidazole rings is 1. The molecule has 1 aromatic rings. The molecule has 0 aromatic carbocycles. The van der Waals surface area contributed by atoms with Gasteiger partial charge in [-0.25, -0.2) is 4.98 Å². The van der Waals surface area contributed by atoms with Crippen LogP contribution in [0.2, 0.25) is 0 Å². The number of aromatic nitrogens is 2. The lowest BCUT2D eigenvalue weighted by molar-refractivity contribution is 0.142. The lowest BCUT2D eigenvalue weighted by atomic mass is 9.84. The summed E-state index contributed by atoms with van der Waals surface area (Å²) in [5.74, 6) is 1.92. The Kier molecular flexibility index (Phi) is 6.37. The van der Waals surface area contributed by atoms with E-state index in [-0.39, 0.29) is 0 Å². The largest absolute Gasteiger partial charge is 0.382 e. The summed E-state index contributed by atoms with van der Waals surface area (Å²) in [5.41, 5.74) is 0. The Morgan fingerprint density at radius 1 is 1.40 bits per heavy atom. The van der Waals surface area contributed by atoms with Crippen LogP contribution in [-0.2, 0) is 11.3 Å². The first kappa shape index (κ1) is 15.4. The molecule has 0 amide bonds. The number of rotatable bonds is 8. The van der Waals surface area contributed by atoms with E-state index in [1.165, 1.54) is 32.1 Å². The molecule has 4 heteroatoms. The number of hydrogen-bond donors (Lipinski definition) is 1. The molecule has 2 atom stereocenters. The van der Waals surface area contributed by atoms with Crippen LogP contribution < -0.4 is 5.32 Å². The summed E-state index contributed by atoms with van der Waals surface area (Å²) < 4.78 is 7.61. The molecule has 1 fully saturated rings. The van der Waals surface area contributed by atoms with Gasteiger partial charge in [0, 0.05) is 38.2 Å². The molecule has 1 aliphatic carbocycles. The first-order valence-electron chi connectivity index (χ1n) is 8.18. The van der Waals surface area contributed by atoms with Crippen LogP contribution in [0.1, 0.15) is 52.4 Å². The molecule has 4 nitrogen and oxygen atoms in total. The van der Waals surface area contributed by atoms with Crippen LogP contribution in [0.25, 0.3) is 0 Å². The van der Waals surface area contributed by atoms with E-state index in [4.69, 9.17) is 4.74 Å². The minimum Gasteiger partial charge on any atom is -0.382 e. The van der Waals surface area contributed by atoms with Crippen LogP contribution in [0.3, 0.4) is 0 Å². The number of nitrogens with zero attached hydrogens (tertiary/aromatic N) is 2. The van der Waals surface area contributed by atoms with Crippen molar-refractivity contribution in [3.05, 3.63) is 12.4 Å². The molecule has 1 N–H and O–H groups in total. The van der Waals surface area contributed by atoms with Gasteiger partial charge in [0.25, 0.3) is 0 Å². The van der Waals surface area contributed by atoms with E-state index in [0.29, 0.717) is 6.04 Å². The van der Waals surface area contributed by atoms with Gasteiger partial charge in [-0.05, 0) is 32.1 Å². The molecule has 0 saturated heterocycles. The molecule has 20 heavy (non-hydrogen) atoms. The maximum atomic E-state index is 5.40. The Morgan fingerprint density at radius 3 is 3.10 bits per heavy atom. The Balaban J connectivity index is 1.81. The summed E-state index contributed by atoms with van der Waals surface area (Å²) in [6, 6.07) is 0.599. The number of aryl methyl sites for hydroxylation is 1. The zero-order chi connectivity index (χ0) is 14.2. The smallest absolute Gasteiger partial charge is 0.202 e. The van der Waals surface area contributed by atoms with Gasteiger partial charge in [0.1, 0.15) is 0 Å². The standard InChI is InChI=1S/C16H29N3O/c1-3-14-7-5-8-15(13-14)18-16-17-9-11-19(16)10-6-12-20-4-2/h9,11,14-15H,3-8,10,12-13H2,1-2H3,(H,17,18). The number of anilines is 1. The van der Waals surface area contributed by atoms with Gasteiger partial charge in [-0.15, -0.1) is 0 Å². The highest BCUT2D eigenvalue weighted by atomic mass is 16.5. The van der Waals surface area contributed by atoms with Crippen LogP contribution in [0.15, 0.2) is 12.4 Å². The average molecular weight is 279 g/mol. The normalized spacial score (nSPS) is 22.9.